The Hall–Kier alpha value is -4.05. The van der Waals surface area contributed by atoms with Gasteiger partial charge in [0, 0.05) is 128 Å². The van der Waals surface area contributed by atoms with Gasteiger partial charge >= 0.3 is 5.97 Å². The number of carbonyl (C=O) groups excluding carboxylic acids is 4. The molecule has 3 aliphatic carbocycles. The summed E-state index contributed by atoms with van der Waals surface area (Å²) in [5.41, 5.74) is 19.7. The number of morpholine rings is 1. The lowest BCUT2D eigenvalue weighted by molar-refractivity contribution is -0.137. The van der Waals surface area contributed by atoms with E-state index in [0.717, 1.165) is 162 Å². The van der Waals surface area contributed by atoms with Gasteiger partial charge in [0.1, 0.15) is 35.1 Å². The normalized spacial score (nSPS) is 25.0. The molecule has 3 saturated carbocycles. The molecule has 12 rings (SSSR count). The lowest BCUT2D eigenvalue weighted by atomic mass is 9.78. The first kappa shape index (κ1) is 121. The number of carbonyl (C=O) groups is 5. The molecule has 2 amide bonds. The molecule has 11 unspecified atom stereocenters. The number of amides is 2. The van der Waals surface area contributed by atoms with Crippen molar-refractivity contribution in [2.24, 2.45) is 129 Å². The van der Waals surface area contributed by atoms with E-state index >= 15 is 0 Å². The van der Waals surface area contributed by atoms with E-state index in [1.165, 1.54) is 135 Å². The molecule has 10 aliphatic rings. The standard InChI is InChI=1S/C12H25NO.C10H16N2O2.3C10H21N.C10H18O2.C9H19NO2.C9H17NO.C9H15NO.C9H12O4.C8H17N/c1-4-11-6-5-7-13(8-11)9-12(14)10(2)3;1-7(2)4-12-5-10(6-12)3-8(13)11-9(10)14;1-9(2)7-11-6-4-5-10(3)8-11;2*1-4-10(11)6-5-9(7-10)8(2)3;1-7(2)9(12)8(11)6-10(3)4-5-10;1-8(2)5-10-3-4-12-7-9(10)6-11;1-7(2)4-10-5-9(6-10)8(3)11;1-6(2)8(10)9-7(3)4-5-11-9;1-5(2)7(10)8-6(9(11)12)3-4-13-8;1-7(2)4-9-5-8(3)6-9/h10-12,14H,4-9H2,1-3H3;7H,3-6H2,1-2H3,(H,11,13,14);9-10H,4-8H2,1-3H3;2*8-9H,4-7,11H2,1-3H3;7,9,12H,4-6H2,1-3H3;8-9,11H,3-7H2,1-2H3;7,9H,4-6H2,1-3H3;4-6,8H,10H2,1-3H3;3-5,7,10H,1-2H3,(H,11,12);7-8H,4-6H2,1-3H3. The van der Waals surface area contributed by atoms with Crippen molar-refractivity contribution in [1.29, 1.82) is 0 Å². The van der Waals surface area contributed by atoms with Gasteiger partial charge in [0.25, 0.3) is 0 Å². The van der Waals surface area contributed by atoms with Crippen LogP contribution in [0, 0.1) is 118 Å². The van der Waals surface area contributed by atoms with Crippen molar-refractivity contribution in [3.63, 3.8) is 0 Å². The molecule has 1 spiro atoms. The second-order valence-corrected chi connectivity index (χ2v) is 45.7. The second kappa shape index (κ2) is 60.5. The number of carboxylic acids is 1. The maximum atomic E-state index is 11.5. The van der Waals surface area contributed by atoms with Crippen LogP contribution in [0.25, 0.3) is 0 Å². The molecule has 23 nitrogen and oxygen atoms in total. The summed E-state index contributed by atoms with van der Waals surface area (Å²) in [5.74, 6) is 11.2. The molecular formula is C106H202N10O13. The molecule has 0 aromatic carbocycles. The molecule has 2 aromatic heterocycles. The Kier molecular flexibility index (Phi) is 56.8. The highest BCUT2D eigenvalue weighted by atomic mass is 16.5. The lowest BCUT2D eigenvalue weighted by Gasteiger charge is -2.46. The van der Waals surface area contributed by atoms with Crippen LogP contribution in [-0.4, -0.2) is 245 Å². The van der Waals surface area contributed by atoms with Crippen LogP contribution in [0.15, 0.2) is 33.5 Å². The predicted molar refractivity (Wildman–Crippen MR) is 533 cm³/mol. The Balaban J connectivity index is 0.000000481. The van der Waals surface area contributed by atoms with Crippen LogP contribution < -0.4 is 22.5 Å². The number of ketones is 2. The number of β-amino-alcohol motifs (C(OH)–C–C–N with tert-alkyl or cyclic N) is 1. The minimum Gasteiger partial charge on any atom is -0.478 e. The zero-order valence-corrected chi connectivity index (χ0v) is 88.1. The number of imide groups is 1. The summed E-state index contributed by atoms with van der Waals surface area (Å²) < 4.78 is 15.5. The summed E-state index contributed by atoms with van der Waals surface area (Å²) in [4.78, 5) is 69.8. The van der Waals surface area contributed by atoms with Crippen LogP contribution in [-0.2, 0) is 23.9 Å². The predicted octanol–water partition coefficient (Wildman–Crippen LogP) is 18.4. The molecule has 0 radical (unpaired) electrons. The molecular weight excluding hydrogens is 1620 g/mol. The van der Waals surface area contributed by atoms with Crippen molar-refractivity contribution < 1.29 is 63.1 Å². The van der Waals surface area contributed by atoms with Crippen molar-refractivity contribution in [1.82, 2.24) is 34.7 Å². The maximum Gasteiger partial charge on any atom is 0.339 e. The molecule has 23 heteroatoms. The van der Waals surface area contributed by atoms with Crippen molar-refractivity contribution in [3.8, 4) is 0 Å². The van der Waals surface area contributed by atoms with Crippen LogP contribution >= 0.6 is 0 Å². The zero-order chi connectivity index (χ0) is 98.2. The number of piperidine rings is 2. The van der Waals surface area contributed by atoms with Gasteiger partial charge in [-0.2, -0.15) is 0 Å². The summed E-state index contributed by atoms with van der Waals surface area (Å²) in [6, 6.07) is 3.53. The van der Waals surface area contributed by atoms with Gasteiger partial charge in [0.15, 0.2) is 5.78 Å². The third-order valence-corrected chi connectivity index (χ3v) is 27.8. The van der Waals surface area contributed by atoms with Crippen LogP contribution in [0.1, 0.15) is 350 Å². The Labute approximate surface area is 788 Å². The van der Waals surface area contributed by atoms with E-state index in [0.29, 0.717) is 54.8 Å². The number of ether oxygens (including phenoxy) is 1. The van der Waals surface area contributed by atoms with Gasteiger partial charge in [0.05, 0.1) is 55.9 Å². The smallest absolute Gasteiger partial charge is 0.339 e. The molecule has 2 aromatic rings. The van der Waals surface area contributed by atoms with Crippen molar-refractivity contribution >= 4 is 29.4 Å². The van der Waals surface area contributed by atoms with Gasteiger partial charge in [-0.25, -0.2) is 4.79 Å². The van der Waals surface area contributed by atoms with Crippen LogP contribution in [0.4, 0.5) is 0 Å². The highest BCUT2D eigenvalue weighted by Gasteiger charge is 2.55. The highest BCUT2D eigenvalue weighted by molar-refractivity contribution is 6.06. The van der Waals surface area contributed by atoms with Crippen molar-refractivity contribution in [2.75, 3.05) is 131 Å². The fourth-order valence-electron chi connectivity index (χ4n) is 18.6. The molecule has 7 aliphatic heterocycles. The van der Waals surface area contributed by atoms with Gasteiger partial charge in [0.2, 0.25) is 11.8 Å². The summed E-state index contributed by atoms with van der Waals surface area (Å²) >= 11 is 0. The number of nitrogens with zero attached hydrogens (tertiary/aromatic N) is 6. The first-order valence-electron chi connectivity index (χ1n) is 51.2. The van der Waals surface area contributed by atoms with Crippen LogP contribution in [0.2, 0.25) is 0 Å². The Morgan fingerprint density at radius 3 is 1.42 bits per heavy atom. The molecule has 10 fully saturated rings. The summed E-state index contributed by atoms with van der Waals surface area (Å²) in [5, 5.41) is 48.9. The number of carboxylic acid groups (broad SMARTS) is 1. The number of hydrogen-bond donors (Lipinski definition) is 9. The first-order chi connectivity index (χ1) is 60.1. The van der Waals surface area contributed by atoms with Crippen LogP contribution in [0.3, 0.4) is 0 Å². The number of Topliss-reactive ketones (excluding diaryl/α,β-unsaturated/α-hetero) is 2. The zero-order valence-electron chi connectivity index (χ0n) is 88.1. The van der Waals surface area contributed by atoms with E-state index in [4.69, 9.17) is 41.0 Å². The number of aryl methyl sites for hydroxylation is 1. The number of aliphatic hydroxyl groups is 4. The van der Waals surface area contributed by atoms with Crippen LogP contribution in [0.5, 0.6) is 0 Å². The molecule has 12 N–H and O–H groups in total. The molecule has 754 valence electrons. The molecule has 7 saturated heterocycles. The third-order valence-electron chi connectivity index (χ3n) is 27.8. The second-order valence-electron chi connectivity index (χ2n) is 45.7. The first-order valence-corrected chi connectivity index (χ1v) is 51.2. The van der Waals surface area contributed by atoms with E-state index in [9.17, 15) is 39.3 Å². The fourth-order valence-corrected chi connectivity index (χ4v) is 18.6. The van der Waals surface area contributed by atoms with Gasteiger partial charge in [-0.15, -0.1) is 0 Å². The van der Waals surface area contributed by atoms with Gasteiger partial charge in [-0.3, -0.25) is 29.4 Å². The minimum atomic E-state index is -1.08. The van der Waals surface area contributed by atoms with E-state index in [2.05, 4.69) is 201 Å². The average molecular weight is 1820 g/mol. The number of rotatable bonds is 29. The Morgan fingerprint density at radius 2 is 1.04 bits per heavy atom. The van der Waals surface area contributed by atoms with E-state index in [1.54, 1.807) is 27.0 Å². The summed E-state index contributed by atoms with van der Waals surface area (Å²) in [6.07, 6.45) is 21.2. The van der Waals surface area contributed by atoms with Gasteiger partial charge < -0.3 is 80.8 Å². The highest BCUT2D eigenvalue weighted by Crippen LogP contribution is 2.49. The number of likely N-dealkylation sites (tertiary alicyclic amines) is 5. The van der Waals surface area contributed by atoms with E-state index in [-0.39, 0.29) is 87.5 Å². The molecule has 0 bridgehead atoms. The number of aromatic carboxylic acids is 1. The minimum absolute atomic E-state index is 0.0185. The topological polar surface area (TPSA) is 332 Å². The number of nitrogens with one attached hydrogen (secondary N) is 1. The van der Waals surface area contributed by atoms with E-state index in [1.807, 2.05) is 26.8 Å². The number of nitrogens with two attached hydrogens (primary N) is 3. The molecule has 129 heavy (non-hydrogen) atoms. The molecule has 11 atom stereocenters. The quantitative estimate of drug-likeness (QED) is 0.0342. The fraction of sp³-hybridized carbons (Fsp3) is 0.877. The third kappa shape index (κ3) is 47.0. The largest absolute Gasteiger partial charge is 0.478 e. The Bertz CT molecular complexity index is 3320. The number of furan rings is 2. The Morgan fingerprint density at radius 1 is 0.566 bits per heavy atom. The molecule has 9 heterocycles. The van der Waals surface area contributed by atoms with Gasteiger partial charge in [-0.1, -0.05) is 200 Å². The SMILES string of the molecule is CC(=O)C1CN(CC(C)C)C1.CC(C)C(O)C(=O)CC1(C)CC1.CC(C)C(O)c1occc1C(=O)O.CC(C)CN1CC(C)C1.CC(C)CN1CC2(CC(=O)NC2=O)C1.CC(C)CN1CCCC(C)C1.CC(C)CN1CCOCC1CO.CCC1(N)CCC(C(C)C)C1.CCC1(N)CCC(C(C)C)C1.CCC1CCCN(CC(O)C(C)C)C1.Cc1ccoc1C(N)C(C)C. The monoisotopic (exact) mass is 1820 g/mol. The number of aliphatic hydroxyl groups excluding tert-OH is 4. The summed E-state index contributed by atoms with van der Waals surface area (Å²) in [7, 11) is 0. The average Bonchev–Trinajstić information content (AvgIpc) is 1.60. The van der Waals surface area contributed by atoms with Crippen molar-refractivity contribution in [3.05, 3.63) is 47.3 Å². The van der Waals surface area contributed by atoms with Crippen molar-refractivity contribution in [2.45, 2.75) is 358 Å². The lowest BCUT2D eigenvalue weighted by Crippen LogP contribution is -2.60. The van der Waals surface area contributed by atoms with Gasteiger partial charge in [-0.05, 0) is 235 Å². The van der Waals surface area contributed by atoms with E-state index < -0.39 is 18.2 Å². The summed E-state index contributed by atoms with van der Waals surface area (Å²) in [6.45, 7) is 85.0. The maximum absolute atomic E-state index is 11.5. The number of hydrogen-bond acceptors (Lipinski definition) is 21.